The van der Waals surface area contributed by atoms with E-state index in [2.05, 4.69) is 4.98 Å². The molecule has 1 atom stereocenters. The van der Waals surface area contributed by atoms with E-state index in [1.165, 1.54) is 0 Å². The normalized spacial score (nSPS) is 12.0. The lowest BCUT2D eigenvalue weighted by atomic mass is 9.98. The van der Waals surface area contributed by atoms with Gasteiger partial charge in [0.1, 0.15) is 0 Å². The molecule has 20 heavy (non-hydrogen) atoms. The van der Waals surface area contributed by atoms with Crippen LogP contribution in [-0.4, -0.2) is 11.5 Å². The van der Waals surface area contributed by atoms with Gasteiger partial charge in [-0.15, -0.1) is 0 Å². The van der Waals surface area contributed by atoms with Gasteiger partial charge in [0.15, 0.2) is 6.10 Å². The highest BCUT2D eigenvalue weighted by Gasteiger charge is 2.17. The number of pyridine rings is 1. The minimum atomic E-state index is -0.415. The van der Waals surface area contributed by atoms with Gasteiger partial charge < -0.3 is 4.74 Å². The molecule has 3 heteroatoms. The molecule has 0 saturated carbocycles. The van der Waals surface area contributed by atoms with Gasteiger partial charge in [-0.1, -0.05) is 48.5 Å². The highest BCUT2D eigenvalue weighted by molar-refractivity contribution is 5.82. The van der Waals surface area contributed by atoms with Crippen molar-refractivity contribution in [3.63, 3.8) is 0 Å². The van der Waals surface area contributed by atoms with Gasteiger partial charge in [-0.05, 0) is 17.7 Å². The van der Waals surface area contributed by atoms with Crippen molar-refractivity contribution in [1.29, 1.82) is 0 Å². The summed E-state index contributed by atoms with van der Waals surface area (Å²) in [4.78, 5) is 15.2. The molecule has 0 radical (unpaired) electrons. The molecule has 1 heterocycles. The lowest BCUT2D eigenvalue weighted by molar-refractivity contribution is -0.132. The first kappa shape index (κ1) is 12.4. The Kier molecular flexibility index (Phi) is 3.42. The monoisotopic (exact) mass is 263 g/mol. The van der Waals surface area contributed by atoms with Crippen LogP contribution in [0.4, 0.5) is 0 Å². The number of aromatic nitrogens is 1. The third kappa shape index (κ3) is 2.26. The van der Waals surface area contributed by atoms with E-state index in [1.807, 2.05) is 60.7 Å². The van der Waals surface area contributed by atoms with Crippen molar-refractivity contribution in [2.24, 2.45) is 0 Å². The van der Waals surface area contributed by atoms with E-state index in [-0.39, 0.29) is 0 Å². The highest BCUT2D eigenvalue weighted by Crippen LogP contribution is 2.30. The van der Waals surface area contributed by atoms with Gasteiger partial charge in [0.25, 0.3) is 6.47 Å². The smallest absolute Gasteiger partial charge is 0.294 e. The van der Waals surface area contributed by atoms with Crippen LogP contribution in [-0.2, 0) is 9.53 Å². The Bertz CT molecular complexity index is 720. The third-order valence-corrected chi connectivity index (χ3v) is 3.26. The summed E-state index contributed by atoms with van der Waals surface area (Å²) >= 11 is 0. The molecule has 3 nitrogen and oxygen atoms in total. The van der Waals surface area contributed by atoms with E-state index >= 15 is 0 Å². The second kappa shape index (κ2) is 5.53. The molecule has 0 aliphatic rings. The van der Waals surface area contributed by atoms with Crippen LogP contribution in [0.5, 0.6) is 0 Å². The van der Waals surface area contributed by atoms with Gasteiger partial charge in [0.05, 0.1) is 5.52 Å². The van der Waals surface area contributed by atoms with E-state index in [9.17, 15) is 4.79 Å². The molecular weight excluding hydrogens is 250 g/mol. The van der Waals surface area contributed by atoms with Gasteiger partial charge in [0, 0.05) is 17.1 Å². The van der Waals surface area contributed by atoms with Crippen LogP contribution in [0.1, 0.15) is 17.2 Å². The highest BCUT2D eigenvalue weighted by atomic mass is 16.5. The fraction of sp³-hybridized carbons (Fsp3) is 0.0588. The van der Waals surface area contributed by atoms with E-state index in [0.717, 1.165) is 22.0 Å². The first-order chi connectivity index (χ1) is 9.90. The molecule has 3 aromatic rings. The number of nitrogens with zero attached hydrogens (tertiary/aromatic N) is 1. The van der Waals surface area contributed by atoms with Gasteiger partial charge >= 0.3 is 0 Å². The maximum absolute atomic E-state index is 10.9. The summed E-state index contributed by atoms with van der Waals surface area (Å²) in [6.07, 6.45) is 1.32. The van der Waals surface area contributed by atoms with Crippen LogP contribution >= 0.6 is 0 Å². The van der Waals surface area contributed by atoms with Crippen LogP contribution in [0.3, 0.4) is 0 Å². The zero-order valence-electron chi connectivity index (χ0n) is 10.8. The minimum Gasteiger partial charge on any atom is -0.455 e. The van der Waals surface area contributed by atoms with Crippen LogP contribution in [0.2, 0.25) is 0 Å². The average Bonchev–Trinajstić information content (AvgIpc) is 2.53. The third-order valence-electron chi connectivity index (χ3n) is 3.26. The molecule has 0 aliphatic heterocycles. The van der Waals surface area contributed by atoms with Crippen LogP contribution in [0.25, 0.3) is 10.9 Å². The zero-order chi connectivity index (χ0) is 13.8. The minimum absolute atomic E-state index is 0.415. The van der Waals surface area contributed by atoms with Gasteiger partial charge in [-0.3, -0.25) is 9.78 Å². The summed E-state index contributed by atoms with van der Waals surface area (Å²) in [5.74, 6) is 0. The Morgan fingerprint density at radius 2 is 1.70 bits per heavy atom. The zero-order valence-corrected chi connectivity index (χ0v) is 10.8. The first-order valence-corrected chi connectivity index (χ1v) is 6.38. The molecule has 0 aliphatic carbocycles. The summed E-state index contributed by atoms with van der Waals surface area (Å²) in [6, 6.07) is 19.4. The van der Waals surface area contributed by atoms with Crippen LogP contribution in [0.15, 0.2) is 66.9 Å². The topological polar surface area (TPSA) is 39.2 Å². The molecule has 0 spiro atoms. The van der Waals surface area contributed by atoms with Crippen molar-refractivity contribution < 1.29 is 9.53 Å². The SMILES string of the molecule is O=COC(c1ccccc1)c1ccnc2ccccc12. The standard InChI is InChI=1S/C17H13NO2/c19-12-20-17(13-6-2-1-3-7-13)15-10-11-18-16-9-5-4-8-14(15)16/h1-12,17H. The van der Waals surface area contributed by atoms with Gasteiger partial charge in [-0.25, -0.2) is 0 Å². The van der Waals surface area contributed by atoms with E-state index in [0.29, 0.717) is 6.47 Å². The Morgan fingerprint density at radius 1 is 0.950 bits per heavy atom. The van der Waals surface area contributed by atoms with Crippen LogP contribution in [0, 0.1) is 0 Å². The Hall–Kier alpha value is -2.68. The second-order valence-corrected chi connectivity index (χ2v) is 4.44. The fourth-order valence-electron chi connectivity index (χ4n) is 2.36. The van der Waals surface area contributed by atoms with Gasteiger partial charge in [0.2, 0.25) is 0 Å². The summed E-state index contributed by atoms with van der Waals surface area (Å²) in [5, 5.41) is 0.991. The second-order valence-electron chi connectivity index (χ2n) is 4.44. The summed E-state index contributed by atoms with van der Waals surface area (Å²) in [7, 11) is 0. The molecule has 98 valence electrons. The molecule has 0 saturated heterocycles. The van der Waals surface area contributed by atoms with Crippen molar-refractivity contribution in [2.75, 3.05) is 0 Å². The average molecular weight is 263 g/mol. The number of carbonyl (C=O) groups excluding carboxylic acids is 1. The summed E-state index contributed by atoms with van der Waals surface area (Å²) in [6.45, 7) is 0.493. The molecule has 0 amide bonds. The van der Waals surface area contributed by atoms with Crippen molar-refractivity contribution in [3.8, 4) is 0 Å². The Morgan fingerprint density at radius 3 is 2.50 bits per heavy atom. The first-order valence-electron chi connectivity index (χ1n) is 6.38. The maximum Gasteiger partial charge on any atom is 0.294 e. The number of ether oxygens (including phenoxy) is 1. The lowest BCUT2D eigenvalue weighted by Crippen LogP contribution is -2.06. The molecule has 0 N–H and O–H groups in total. The number of benzene rings is 2. The molecule has 0 fully saturated rings. The molecule has 1 unspecified atom stereocenters. The number of hydrogen-bond donors (Lipinski definition) is 0. The maximum atomic E-state index is 10.9. The van der Waals surface area contributed by atoms with E-state index in [1.54, 1.807) is 6.20 Å². The number of para-hydroxylation sites is 1. The lowest BCUT2D eigenvalue weighted by Gasteiger charge is -2.17. The van der Waals surface area contributed by atoms with Gasteiger partial charge in [-0.2, -0.15) is 0 Å². The number of carbonyl (C=O) groups is 1. The van der Waals surface area contributed by atoms with Crippen molar-refractivity contribution in [3.05, 3.63) is 78.0 Å². The molecule has 2 aromatic carbocycles. The quantitative estimate of drug-likeness (QED) is 0.676. The molecular formula is C17H13NO2. The van der Waals surface area contributed by atoms with Crippen LogP contribution < -0.4 is 0 Å². The largest absolute Gasteiger partial charge is 0.455 e. The van der Waals surface area contributed by atoms with E-state index in [4.69, 9.17) is 4.74 Å². The summed E-state index contributed by atoms with van der Waals surface area (Å²) in [5.41, 5.74) is 2.77. The molecule has 1 aromatic heterocycles. The van der Waals surface area contributed by atoms with Crippen molar-refractivity contribution in [2.45, 2.75) is 6.10 Å². The number of hydrogen-bond acceptors (Lipinski definition) is 3. The number of rotatable bonds is 4. The fourth-order valence-corrected chi connectivity index (χ4v) is 2.36. The Labute approximate surface area is 116 Å². The Balaban J connectivity index is 2.17. The van der Waals surface area contributed by atoms with Crippen molar-refractivity contribution >= 4 is 17.4 Å². The molecule has 3 rings (SSSR count). The predicted molar refractivity (Wildman–Crippen MR) is 77.2 cm³/mol. The number of fused-ring (bicyclic) bond motifs is 1. The molecule has 0 bridgehead atoms. The predicted octanol–water partition coefficient (Wildman–Crippen LogP) is 3.50. The summed E-state index contributed by atoms with van der Waals surface area (Å²) < 4.78 is 5.31. The van der Waals surface area contributed by atoms with E-state index < -0.39 is 6.10 Å². The van der Waals surface area contributed by atoms with Crippen molar-refractivity contribution in [1.82, 2.24) is 4.98 Å².